The van der Waals surface area contributed by atoms with Gasteiger partial charge in [0.15, 0.2) is 0 Å². The van der Waals surface area contributed by atoms with Crippen LogP contribution < -0.4 is 9.64 Å². The molecule has 2 rings (SSSR count). The Bertz CT molecular complexity index is 456. The number of aromatic nitrogens is 1. The number of pyridine rings is 1. The molecule has 6 heteroatoms. The fraction of sp³-hybridized carbons (Fsp3) is 0.538. The molecule has 0 atom stereocenters. The van der Waals surface area contributed by atoms with Crippen molar-refractivity contribution in [3.8, 4) is 5.88 Å². The zero-order chi connectivity index (χ0) is 13.8. The quantitative estimate of drug-likeness (QED) is 0.817. The molecule has 1 aromatic rings. The van der Waals surface area contributed by atoms with Crippen LogP contribution in [0.15, 0.2) is 12.1 Å². The molecule has 1 saturated heterocycles. The number of carbonyl (C=O) groups excluding carboxylic acids is 1. The van der Waals surface area contributed by atoms with Crippen molar-refractivity contribution in [1.29, 1.82) is 0 Å². The lowest BCUT2D eigenvalue weighted by atomic mass is 10.1. The summed E-state index contributed by atoms with van der Waals surface area (Å²) >= 11 is 0. The van der Waals surface area contributed by atoms with Crippen LogP contribution in [0.1, 0.15) is 23.2 Å². The van der Waals surface area contributed by atoms with Gasteiger partial charge in [0.1, 0.15) is 11.4 Å². The van der Waals surface area contributed by atoms with Crippen LogP contribution in [0.3, 0.4) is 0 Å². The SMILES string of the molecule is COC(=O)c1ccc(N2CCC(O)CC2)nc1OC. The highest BCUT2D eigenvalue weighted by Gasteiger charge is 2.21. The van der Waals surface area contributed by atoms with E-state index < -0.39 is 5.97 Å². The summed E-state index contributed by atoms with van der Waals surface area (Å²) in [5, 5.41) is 9.49. The molecule has 0 unspecified atom stereocenters. The van der Waals surface area contributed by atoms with Crippen molar-refractivity contribution in [2.45, 2.75) is 18.9 Å². The minimum Gasteiger partial charge on any atom is -0.480 e. The van der Waals surface area contributed by atoms with Crippen LogP contribution in [-0.2, 0) is 4.74 Å². The smallest absolute Gasteiger partial charge is 0.343 e. The van der Waals surface area contributed by atoms with E-state index in [1.54, 1.807) is 12.1 Å². The van der Waals surface area contributed by atoms with Crippen LogP contribution in [0.2, 0.25) is 0 Å². The van der Waals surface area contributed by atoms with Gasteiger partial charge in [0, 0.05) is 13.1 Å². The highest BCUT2D eigenvalue weighted by atomic mass is 16.5. The van der Waals surface area contributed by atoms with E-state index in [0.29, 0.717) is 5.56 Å². The number of piperidine rings is 1. The molecule has 0 radical (unpaired) electrons. The topological polar surface area (TPSA) is 71.9 Å². The number of esters is 1. The average Bonchev–Trinajstić information content (AvgIpc) is 2.46. The Morgan fingerprint density at radius 2 is 2.05 bits per heavy atom. The molecule has 0 aliphatic carbocycles. The Morgan fingerprint density at radius 3 is 2.63 bits per heavy atom. The molecule has 1 N–H and O–H groups in total. The Kier molecular flexibility index (Phi) is 4.21. The van der Waals surface area contributed by atoms with Crippen LogP contribution in [0.25, 0.3) is 0 Å². The van der Waals surface area contributed by atoms with E-state index in [1.165, 1.54) is 14.2 Å². The van der Waals surface area contributed by atoms with Crippen LogP contribution in [-0.4, -0.2) is 49.5 Å². The molecule has 1 fully saturated rings. The number of anilines is 1. The monoisotopic (exact) mass is 266 g/mol. The lowest BCUT2D eigenvalue weighted by molar-refractivity contribution is 0.0596. The van der Waals surface area contributed by atoms with Crippen LogP contribution >= 0.6 is 0 Å². The number of aliphatic hydroxyl groups is 1. The number of hydrogen-bond donors (Lipinski definition) is 1. The normalized spacial score (nSPS) is 16.3. The molecule has 0 amide bonds. The minimum atomic E-state index is -0.468. The molecule has 0 bridgehead atoms. The van der Waals surface area contributed by atoms with Gasteiger partial charge in [-0.25, -0.2) is 4.79 Å². The summed E-state index contributed by atoms with van der Waals surface area (Å²) in [6.45, 7) is 1.49. The zero-order valence-corrected chi connectivity index (χ0v) is 11.1. The highest BCUT2D eigenvalue weighted by Crippen LogP contribution is 2.24. The van der Waals surface area contributed by atoms with E-state index in [-0.39, 0.29) is 12.0 Å². The first kappa shape index (κ1) is 13.6. The molecule has 1 aliphatic rings. The summed E-state index contributed by atoms with van der Waals surface area (Å²) in [5.74, 6) is 0.539. The van der Waals surface area contributed by atoms with E-state index in [2.05, 4.69) is 14.6 Å². The van der Waals surface area contributed by atoms with Gasteiger partial charge in [-0.05, 0) is 25.0 Å². The third-order valence-corrected chi connectivity index (χ3v) is 3.23. The van der Waals surface area contributed by atoms with E-state index >= 15 is 0 Å². The molecular formula is C13H18N2O4. The van der Waals surface area contributed by atoms with E-state index in [4.69, 9.17) is 4.74 Å². The zero-order valence-electron chi connectivity index (χ0n) is 11.1. The first-order valence-corrected chi connectivity index (χ1v) is 6.22. The van der Waals surface area contributed by atoms with E-state index in [1.807, 2.05) is 0 Å². The Hall–Kier alpha value is -1.82. The predicted molar refractivity (Wildman–Crippen MR) is 69.6 cm³/mol. The molecule has 1 aromatic heterocycles. The van der Waals surface area contributed by atoms with Gasteiger partial charge in [0.25, 0.3) is 0 Å². The summed E-state index contributed by atoms with van der Waals surface area (Å²) in [6, 6.07) is 3.42. The van der Waals surface area contributed by atoms with Crippen molar-refractivity contribution >= 4 is 11.8 Å². The maximum Gasteiger partial charge on any atom is 0.343 e. The second kappa shape index (κ2) is 5.88. The number of nitrogens with zero attached hydrogens (tertiary/aromatic N) is 2. The Morgan fingerprint density at radius 1 is 1.37 bits per heavy atom. The molecule has 1 aliphatic heterocycles. The van der Waals surface area contributed by atoms with Gasteiger partial charge in [-0.3, -0.25) is 0 Å². The van der Waals surface area contributed by atoms with E-state index in [9.17, 15) is 9.90 Å². The van der Waals surface area contributed by atoms with Gasteiger partial charge < -0.3 is 19.5 Å². The second-order valence-corrected chi connectivity index (χ2v) is 4.44. The maximum atomic E-state index is 11.5. The van der Waals surface area contributed by atoms with Crippen molar-refractivity contribution < 1.29 is 19.4 Å². The lowest BCUT2D eigenvalue weighted by Crippen LogP contribution is -2.36. The predicted octanol–water partition coefficient (Wildman–Crippen LogP) is 0.838. The van der Waals surface area contributed by atoms with Crippen molar-refractivity contribution in [3.63, 3.8) is 0 Å². The molecule has 19 heavy (non-hydrogen) atoms. The summed E-state index contributed by atoms with van der Waals surface area (Å²) < 4.78 is 9.81. The second-order valence-electron chi connectivity index (χ2n) is 4.44. The average molecular weight is 266 g/mol. The number of ether oxygens (including phenoxy) is 2. The molecule has 6 nitrogen and oxygen atoms in total. The fourth-order valence-electron chi connectivity index (χ4n) is 2.12. The van der Waals surface area contributed by atoms with Gasteiger partial charge >= 0.3 is 5.97 Å². The number of carbonyl (C=O) groups is 1. The summed E-state index contributed by atoms with van der Waals surface area (Å²) in [4.78, 5) is 17.9. The molecule has 0 saturated carbocycles. The number of hydrogen-bond acceptors (Lipinski definition) is 6. The van der Waals surface area contributed by atoms with Gasteiger partial charge in [-0.2, -0.15) is 4.98 Å². The van der Waals surface area contributed by atoms with Crippen LogP contribution in [0, 0.1) is 0 Å². The molecular weight excluding hydrogens is 248 g/mol. The maximum absolute atomic E-state index is 11.5. The minimum absolute atomic E-state index is 0.229. The third-order valence-electron chi connectivity index (χ3n) is 3.23. The van der Waals surface area contributed by atoms with Gasteiger partial charge in [-0.15, -0.1) is 0 Å². The van der Waals surface area contributed by atoms with Gasteiger partial charge in [-0.1, -0.05) is 0 Å². The molecule has 0 spiro atoms. The van der Waals surface area contributed by atoms with Gasteiger partial charge in [0.2, 0.25) is 5.88 Å². The summed E-state index contributed by atoms with van der Waals surface area (Å²) in [5.41, 5.74) is 0.311. The number of methoxy groups -OCH3 is 2. The van der Waals surface area contributed by atoms with E-state index in [0.717, 1.165) is 31.7 Å². The van der Waals surface area contributed by atoms with Crippen molar-refractivity contribution in [2.75, 3.05) is 32.2 Å². The van der Waals surface area contributed by atoms with Crippen LogP contribution in [0.4, 0.5) is 5.82 Å². The summed E-state index contributed by atoms with van der Waals surface area (Å²) in [6.07, 6.45) is 1.22. The van der Waals surface area contributed by atoms with Crippen molar-refractivity contribution in [3.05, 3.63) is 17.7 Å². The van der Waals surface area contributed by atoms with Crippen LogP contribution in [0.5, 0.6) is 5.88 Å². The third kappa shape index (κ3) is 2.96. The standard InChI is InChI=1S/C13H18N2O4/c1-18-12-10(13(17)19-2)3-4-11(14-12)15-7-5-9(16)6-8-15/h3-4,9,16H,5-8H2,1-2H3. The van der Waals surface area contributed by atoms with Gasteiger partial charge in [0.05, 0.1) is 20.3 Å². The fourth-order valence-corrected chi connectivity index (χ4v) is 2.12. The summed E-state index contributed by atoms with van der Waals surface area (Å²) in [7, 11) is 2.79. The largest absolute Gasteiger partial charge is 0.480 e. The molecule has 104 valence electrons. The van der Waals surface area contributed by atoms with Crippen molar-refractivity contribution in [2.24, 2.45) is 0 Å². The first-order chi connectivity index (χ1) is 9.15. The lowest BCUT2D eigenvalue weighted by Gasteiger charge is -2.30. The Balaban J connectivity index is 2.21. The molecule has 2 heterocycles. The van der Waals surface area contributed by atoms with Crippen molar-refractivity contribution in [1.82, 2.24) is 4.98 Å². The number of aliphatic hydroxyl groups excluding tert-OH is 1. The number of rotatable bonds is 3. The molecule has 0 aromatic carbocycles. The highest BCUT2D eigenvalue weighted by molar-refractivity contribution is 5.92. The first-order valence-electron chi connectivity index (χ1n) is 6.22. The Labute approximate surface area is 112 Å².